The minimum atomic E-state index is -1.53. The normalized spacial score (nSPS) is 32.5. The average molecular weight is 339 g/mol. The number of hydrogen-bond acceptors (Lipinski definition) is 2. The van der Waals surface area contributed by atoms with Gasteiger partial charge in [0, 0.05) is 12.7 Å². The summed E-state index contributed by atoms with van der Waals surface area (Å²) < 4.78 is 6.95. The maximum atomic E-state index is 9.33. The third-order valence-electron chi connectivity index (χ3n) is 7.13. The van der Waals surface area contributed by atoms with Crippen LogP contribution in [0.3, 0.4) is 0 Å². The molecule has 2 rings (SSSR count). The van der Waals surface area contributed by atoms with E-state index in [1.807, 2.05) is 0 Å². The Bertz CT molecular complexity index is 408. The van der Waals surface area contributed by atoms with Crippen molar-refractivity contribution in [2.24, 2.45) is 17.3 Å². The molecule has 0 radical (unpaired) electrons. The molecule has 1 saturated carbocycles. The van der Waals surface area contributed by atoms with Gasteiger partial charge in [-0.15, -0.1) is 0 Å². The van der Waals surface area contributed by atoms with Crippen LogP contribution in [0, 0.1) is 17.3 Å². The first-order valence-corrected chi connectivity index (χ1v) is 12.5. The molecule has 0 heterocycles. The van der Waals surface area contributed by atoms with Crippen LogP contribution < -0.4 is 0 Å². The molecule has 2 aliphatic rings. The number of aliphatic hydroxyl groups excluding tert-OH is 1. The summed E-state index contributed by atoms with van der Waals surface area (Å²) >= 11 is 0. The fourth-order valence-corrected chi connectivity index (χ4v) is 8.22. The van der Waals surface area contributed by atoms with Crippen molar-refractivity contribution in [3.05, 3.63) is 11.6 Å². The molecule has 0 bridgehead atoms. The van der Waals surface area contributed by atoms with Crippen LogP contribution in [0.15, 0.2) is 11.6 Å². The SMILES string of the molecule is CC[Si](CC)(CC)O[C@H]1CCC[C@]2(C)C([C@H](C)CCO)=CCC12. The van der Waals surface area contributed by atoms with E-state index in [1.54, 1.807) is 5.57 Å². The second-order valence-electron chi connectivity index (χ2n) is 8.12. The first-order chi connectivity index (χ1) is 11.0. The molecular formula is C20H38O2Si. The molecule has 0 amide bonds. The standard InChI is InChI=1S/C20H38O2Si/c1-6-23(7-2,8-3)22-19-10-9-14-20(5)17(11-12-18(19)20)16(4)13-15-21/h11,16,18-19,21H,6-10,12-15H2,1-5H3/t16-,18?,19+,20-/m1/s1. The topological polar surface area (TPSA) is 29.5 Å². The quantitative estimate of drug-likeness (QED) is 0.465. The van der Waals surface area contributed by atoms with Gasteiger partial charge in [-0.3, -0.25) is 0 Å². The molecular weight excluding hydrogens is 300 g/mol. The second-order valence-corrected chi connectivity index (χ2v) is 12.8. The number of rotatable bonds is 8. The minimum Gasteiger partial charge on any atom is -0.414 e. The first-order valence-electron chi connectivity index (χ1n) is 9.95. The van der Waals surface area contributed by atoms with Gasteiger partial charge in [-0.1, -0.05) is 52.7 Å². The highest BCUT2D eigenvalue weighted by molar-refractivity contribution is 6.73. The molecule has 1 unspecified atom stereocenters. The van der Waals surface area contributed by atoms with Crippen LogP contribution in [-0.2, 0) is 4.43 Å². The van der Waals surface area contributed by atoms with Crippen LogP contribution in [-0.4, -0.2) is 26.1 Å². The van der Waals surface area contributed by atoms with Crippen LogP contribution in [0.25, 0.3) is 0 Å². The Balaban J connectivity index is 2.16. The van der Waals surface area contributed by atoms with Gasteiger partial charge in [0.05, 0.1) is 0 Å². The zero-order chi connectivity index (χ0) is 17.1. The van der Waals surface area contributed by atoms with Crippen LogP contribution in [0.5, 0.6) is 0 Å². The summed E-state index contributed by atoms with van der Waals surface area (Å²) in [6.45, 7) is 12.1. The van der Waals surface area contributed by atoms with Gasteiger partial charge in [0.15, 0.2) is 8.32 Å². The van der Waals surface area contributed by atoms with E-state index in [2.05, 4.69) is 40.7 Å². The summed E-state index contributed by atoms with van der Waals surface area (Å²) in [5.41, 5.74) is 1.92. The lowest BCUT2D eigenvalue weighted by Gasteiger charge is -2.48. The van der Waals surface area contributed by atoms with Crippen molar-refractivity contribution < 1.29 is 9.53 Å². The van der Waals surface area contributed by atoms with Crippen molar-refractivity contribution in [2.75, 3.05) is 6.61 Å². The van der Waals surface area contributed by atoms with Gasteiger partial charge in [0.1, 0.15) is 0 Å². The molecule has 1 N–H and O–H groups in total. The van der Waals surface area contributed by atoms with E-state index < -0.39 is 8.32 Å². The van der Waals surface area contributed by atoms with Gasteiger partial charge in [0.25, 0.3) is 0 Å². The predicted octanol–water partition coefficient (Wildman–Crippen LogP) is 5.53. The molecule has 4 atom stereocenters. The lowest BCUT2D eigenvalue weighted by Crippen LogP contribution is -2.48. The third-order valence-corrected chi connectivity index (χ3v) is 11.8. The van der Waals surface area contributed by atoms with E-state index in [-0.39, 0.29) is 0 Å². The van der Waals surface area contributed by atoms with Gasteiger partial charge in [0.2, 0.25) is 0 Å². The average Bonchev–Trinajstić information content (AvgIpc) is 2.91. The van der Waals surface area contributed by atoms with Crippen molar-refractivity contribution in [1.29, 1.82) is 0 Å². The number of fused-ring (bicyclic) bond motifs is 1. The summed E-state index contributed by atoms with van der Waals surface area (Å²) in [5.74, 6) is 1.18. The molecule has 0 aromatic heterocycles. The summed E-state index contributed by atoms with van der Waals surface area (Å²) in [6.07, 6.45) is 8.91. The monoisotopic (exact) mass is 338 g/mol. The highest BCUT2D eigenvalue weighted by Crippen LogP contribution is 2.56. The van der Waals surface area contributed by atoms with Crippen LogP contribution in [0.1, 0.15) is 66.7 Å². The van der Waals surface area contributed by atoms with Crippen molar-refractivity contribution in [3.63, 3.8) is 0 Å². The second kappa shape index (κ2) is 7.84. The summed E-state index contributed by atoms with van der Waals surface area (Å²) in [6, 6.07) is 3.75. The Kier molecular flexibility index (Phi) is 6.55. The van der Waals surface area contributed by atoms with E-state index in [1.165, 1.54) is 43.8 Å². The van der Waals surface area contributed by atoms with Crippen LogP contribution in [0.4, 0.5) is 0 Å². The number of allylic oxidation sites excluding steroid dienone is 2. The maximum absolute atomic E-state index is 9.33. The van der Waals surface area contributed by atoms with E-state index in [0.717, 1.165) is 6.42 Å². The lowest BCUT2D eigenvalue weighted by molar-refractivity contribution is 0.0171. The molecule has 2 nitrogen and oxygen atoms in total. The lowest BCUT2D eigenvalue weighted by atomic mass is 9.63. The summed E-state index contributed by atoms with van der Waals surface area (Å²) in [4.78, 5) is 0. The van der Waals surface area contributed by atoms with Gasteiger partial charge in [-0.05, 0) is 61.1 Å². The van der Waals surface area contributed by atoms with Gasteiger partial charge in [-0.25, -0.2) is 0 Å². The van der Waals surface area contributed by atoms with Gasteiger partial charge >= 0.3 is 0 Å². The van der Waals surface area contributed by atoms with E-state index in [9.17, 15) is 5.11 Å². The fraction of sp³-hybridized carbons (Fsp3) is 0.900. The number of aliphatic hydroxyl groups is 1. The number of hydrogen-bond donors (Lipinski definition) is 1. The van der Waals surface area contributed by atoms with Crippen molar-refractivity contribution in [3.8, 4) is 0 Å². The smallest absolute Gasteiger partial charge is 0.192 e. The predicted molar refractivity (Wildman–Crippen MR) is 101 cm³/mol. The fourth-order valence-electron chi connectivity index (χ4n) is 5.30. The Labute approximate surface area is 144 Å². The largest absolute Gasteiger partial charge is 0.414 e. The zero-order valence-corrected chi connectivity index (χ0v) is 17.0. The highest BCUT2D eigenvalue weighted by atomic mass is 28.4. The van der Waals surface area contributed by atoms with Gasteiger partial charge in [-0.2, -0.15) is 0 Å². The molecule has 23 heavy (non-hydrogen) atoms. The molecule has 0 aliphatic heterocycles. The molecule has 134 valence electrons. The van der Waals surface area contributed by atoms with Crippen LogP contribution >= 0.6 is 0 Å². The van der Waals surface area contributed by atoms with Crippen molar-refractivity contribution in [2.45, 2.75) is 91.0 Å². The molecule has 0 aromatic rings. The maximum Gasteiger partial charge on any atom is 0.192 e. The van der Waals surface area contributed by atoms with Crippen molar-refractivity contribution in [1.82, 2.24) is 0 Å². The Hall–Kier alpha value is -0.123. The molecule has 0 aromatic carbocycles. The summed E-state index contributed by atoms with van der Waals surface area (Å²) in [5, 5.41) is 9.33. The molecule has 1 fully saturated rings. The van der Waals surface area contributed by atoms with Crippen molar-refractivity contribution >= 4 is 8.32 Å². The zero-order valence-electron chi connectivity index (χ0n) is 16.0. The van der Waals surface area contributed by atoms with Gasteiger partial charge < -0.3 is 9.53 Å². The van der Waals surface area contributed by atoms with E-state index in [0.29, 0.717) is 30.0 Å². The summed E-state index contributed by atoms with van der Waals surface area (Å²) in [7, 11) is -1.53. The minimum absolute atomic E-state index is 0.302. The Morgan fingerprint density at radius 3 is 2.52 bits per heavy atom. The van der Waals surface area contributed by atoms with E-state index in [4.69, 9.17) is 4.43 Å². The Morgan fingerprint density at radius 1 is 1.30 bits per heavy atom. The highest BCUT2D eigenvalue weighted by Gasteiger charge is 2.50. The van der Waals surface area contributed by atoms with Crippen LogP contribution in [0.2, 0.25) is 18.1 Å². The third kappa shape index (κ3) is 3.62. The Morgan fingerprint density at radius 2 is 1.96 bits per heavy atom. The first kappa shape index (κ1) is 19.2. The van der Waals surface area contributed by atoms with E-state index >= 15 is 0 Å². The molecule has 2 aliphatic carbocycles. The molecule has 0 saturated heterocycles. The molecule has 3 heteroatoms. The molecule has 0 spiro atoms.